The molecule has 1 unspecified atom stereocenters. The van der Waals surface area contributed by atoms with Gasteiger partial charge in [0.05, 0.1) is 17.8 Å². The summed E-state index contributed by atoms with van der Waals surface area (Å²) >= 11 is 6.02. The van der Waals surface area contributed by atoms with Crippen molar-refractivity contribution in [1.29, 1.82) is 0 Å². The van der Waals surface area contributed by atoms with E-state index >= 15 is 0 Å². The van der Waals surface area contributed by atoms with E-state index in [1.165, 1.54) is 4.90 Å². The van der Waals surface area contributed by atoms with Gasteiger partial charge in [0.1, 0.15) is 0 Å². The molecule has 0 saturated carbocycles. The van der Waals surface area contributed by atoms with Gasteiger partial charge < -0.3 is 15.1 Å². The predicted molar refractivity (Wildman–Crippen MR) is 105 cm³/mol. The number of hydrogen-bond donors (Lipinski definition) is 2. The summed E-state index contributed by atoms with van der Waals surface area (Å²) in [5.74, 6) is 0. The number of carboxylic acid groups (broad SMARTS) is 1. The van der Waals surface area contributed by atoms with E-state index in [0.29, 0.717) is 22.8 Å². The molecule has 142 valence electrons. The first-order valence-electron chi connectivity index (χ1n) is 8.87. The lowest BCUT2D eigenvalue weighted by atomic mass is 10.1. The van der Waals surface area contributed by atoms with Gasteiger partial charge in [-0.3, -0.25) is 9.88 Å². The van der Waals surface area contributed by atoms with Gasteiger partial charge in [0, 0.05) is 29.2 Å². The van der Waals surface area contributed by atoms with Gasteiger partial charge in [0.25, 0.3) is 0 Å². The van der Waals surface area contributed by atoms with Crippen molar-refractivity contribution >= 4 is 34.3 Å². The molecule has 1 atom stereocenters. The molecule has 7 heteroatoms. The van der Waals surface area contributed by atoms with Gasteiger partial charge in [-0.15, -0.1) is 0 Å². The van der Waals surface area contributed by atoms with Crippen LogP contribution in [0.5, 0.6) is 0 Å². The third-order valence-electron chi connectivity index (χ3n) is 4.55. The number of hydrogen-bond acceptors (Lipinski definition) is 4. The van der Waals surface area contributed by atoms with Crippen LogP contribution in [0.15, 0.2) is 30.5 Å². The van der Waals surface area contributed by atoms with Crippen LogP contribution in [0.25, 0.3) is 10.9 Å². The fourth-order valence-electron chi connectivity index (χ4n) is 3.15. The van der Waals surface area contributed by atoms with Crippen LogP contribution < -0.4 is 4.90 Å². The quantitative estimate of drug-likeness (QED) is 0.691. The summed E-state index contributed by atoms with van der Waals surface area (Å²) in [5.41, 5.74) is 1.29. The summed E-state index contributed by atoms with van der Waals surface area (Å²) in [5, 5.41) is 20.2. The maximum Gasteiger partial charge on any atom is 0.412 e. The van der Waals surface area contributed by atoms with Gasteiger partial charge in [-0.1, -0.05) is 18.5 Å². The maximum absolute atomic E-state index is 11.9. The molecule has 1 aromatic heterocycles. The molecule has 2 N–H and O–H groups in total. The van der Waals surface area contributed by atoms with Gasteiger partial charge in [-0.05, 0) is 57.1 Å². The number of halogens is 1. The number of benzene rings is 1. The Kier molecular flexibility index (Phi) is 7.63. The van der Waals surface area contributed by atoms with E-state index < -0.39 is 6.09 Å². The lowest BCUT2D eigenvalue weighted by molar-refractivity contribution is 0.194. The average molecular weight is 380 g/mol. The van der Waals surface area contributed by atoms with E-state index in [0.717, 1.165) is 31.3 Å². The summed E-state index contributed by atoms with van der Waals surface area (Å²) in [7, 11) is 0. The van der Waals surface area contributed by atoms with E-state index in [9.17, 15) is 9.90 Å². The predicted octanol–water partition coefficient (Wildman–Crippen LogP) is 3.86. The molecule has 0 radical (unpaired) electrons. The Morgan fingerprint density at radius 2 is 2.08 bits per heavy atom. The molecule has 2 rings (SSSR count). The van der Waals surface area contributed by atoms with Crippen LogP contribution in [0.2, 0.25) is 5.02 Å². The number of likely N-dealkylation sites (N-methyl/N-ethyl adjacent to an activating group) is 1. The minimum atomic E-state index is -0.984. The molecule has 0 aliphatic carbocycles. The van der Waals surface area contributed by atoms with Crippen molar-refractivity contribution in [2.45, 2.75) is 32.7 Å². The second-order valence-electron chi connectivity index (χ2n) is 6.29. The van der Waals surface area contributed by atoms with Crippen molar-refractivity contribution in [3.05, 3.63) is 35.5 Å². The average Bonchev–Trinajstić information content (AvgIpc) is 2.60. The van der Waals surface area contributed by atoms with Gasteiger partial charge in [0.15, 0.2) is 0 Å². The van der Waals surface area contributed by atoms with Gasteiger partial charge in [0.2, 0.25) is 0 Å². The molecule has 0 bridgehead atoms. The summed E-state index contributed by atoms with van der Waals surface area (Å²) in [6.07, 6.45) is 2.21. The van der Waals surface area contributed by atoms with Crippen LogP contribution in [0.3, 0.4) is 0 Å². The van der Waals surface area contributed by atoms with E-state index in [1.807, 2.05) is 13.0 Å². The molecule has 0 spiro atoms. The second-order valence-corrected chi connectivity index (χ2v) is 6.73. The topological polar surface area (TPSA) is 76.9 Å². The molecule has 0 fully saturated rings. The van der Waals surface area contributed by atoms with Crippen LogP contribution >= 0.6 is 11.6 Å². The first kappa shape index (κ1) is 20.4. The fraction of sp³-hybridized carbons (Fsp3) is 0.474. The Balaban J connectivity index is 2.17. The third-order valence-corrected chi connectivity index (χ3v) is 4.78. The van der Waals surface area contributed by atoms with Crippen LogP contribution in [-0.4, -0.2) is 58.5 Å². The molecular weight excluding hydrogens is 354 g/mol. The van der Waals surface area contributed by atoms with Crippen molar-refractivity contribution in [1.82, 2.24) is 9.88 Å². The second kappa shape index (κ2) is 9.71. The number of aliphatic hydroxyl groups is 1. The fourth-order valence-corrected chi connectivity index (χ4v) is 3.32. The zero-order valence-corrected chi connectivity index (χ0v) is 16.0. The number of nitrogens with zero attached hydrogens (tertiary/aromatic N) is 3. The molecule has 26 heavy (non-hydrogen) atoms. The molecule has 1 heterocycles. The van der Waals surface area contributed by atoms with E-state index in [-0.39, 0.29) is 12.6 Å². The standard InChI is InChI=1S/C19H26ClN3O3/c1-3-22(11-12-24)10-4-5-14(2)23(19(25)26)18-8-9-21-17-13-15(20)6-7-16(17)18/h6-9,13-14,24H,3-5,10-12H2,1-2H3,(H,25,26). The van der Waals surface area contributed by atoms with Crippen LogP contribution in [-0.2, 0) is 0 Å². The minimum Gasteiger partial charge on any atom is -0.465 e. The Bertz CT molecular complexity index is 741. The van der Waals surface area contributed by atoms with E-state index in [2.05, 4.69) is 16.8 Å². The molecule has 1 amide bonds. The Morgan fingerprint density at radius 1 is 1.31 bits per heavy atom. The molecule has 0 aliphatic rings. The molecule has 1 aromatic carbocycles. The third kappa shape index (κ3) is 5.06. The number of amides is 1. The highest BCUT2D eigenvalue weighted by atomic mass is 35.5. The number of rotatable bonds is 9. The highest BCUT2D eigenvalue weighted by Gasteiger charge is 2.23. The zero-order chi connectivity index (χ0) is 19.1. The lowest BCUT2D eigenvalue weighted by Crippen LogP contribution is -2.38. The zero-order valence-electron chi connectivity index (χ0n) is 15.2. The summed E-state index contributed by atoms with van der Waals surface area (Å²) in [6.45, 7) is 6.45. The molecule has 2 aromatic rings. The van der Waals surface area contributed by atoms with Crippen molar-refractivity contribution < 1.29 is 15.0 Å². The normalized spacial score (nSPS) is 12.5. The number of anilines is 1. The van der Waals surface area contributed by atoms with E-state index in [4.69, 9.17) is 16.7 Å². The number of aliphatic hydroxyl groups excluding tert-OH is 1. The van der Waals surface area contributed by atoms with Crippen molar-refractivity contribution in [2.24, 2.45) is 0 Å². The Hall–Kier alpha value is -1.89. The van der Waals surface area contributed by atoms with Crippen molar-refractivity contribution in [2.75, 3.05) is 31.1 Å². The maximum atomic E-state index is 11.9. The van der Waals surface area contributed by atoms with Crippen LogP contribution in [0.4, 0.5) is 10.5 Å². The smallest absolute Gasteiger partial charge is 0.412 e. The lowest BCUT2D eigenvalue weighted by Gasteiger charge is -2.28. The SMILES string of the molecule is CCN(CCO)CCCC(C)N(C(=O)O)c1ccnc2cc(Cl)ccc12. The number of aromatic nitrogens is 1. The van der Waals surface area contributed by atoms with Crippen LogP contribution in [0.1, 0.15) is 26.7 Å². The minimum absolute atomic E-state index is 0.135. The molecule has 0 aliphatic heterocycles. The van der Waals surface area contributed by atoms with Crippen LogP contribution in [0, 0.1) is 0 Å². The molecule has 0 saturated heterocycles. The number of pyridine rings is 1. The van der Waals surface area contributed by atoms with Gasteiger partial charge in [-0.2, -0.15) is 0 Å². The first-order valence-corrected chi connectivity index (χ1v) is 9.25. The van der Waals surface area contributed by atoms with Crippen molar-refractivity contribution in [3.63, 3.8) is 0 Å². The molecule has 6 nitrogen and oxygen atoms in total. The largest absolute Gasteiger partial charge is 0.465 e. The highest BCUT2D eigenvalue weighted by Crippen LogP contribution is 2.29. The number of carbonyl (C=O) groups is 1. The van der Waals surface area contributed by atoms with E-state index in [1.54, 1.807) is 24.4 Å². The monoisotopic (exact) mass is 379 g/mol. The van der Waals surface area contributed by atoms with Gasteiger partial charge >= 0.3 is 6.09 Å². The van der Waals surface area contributed by atoms with Crippen molar-refractivity contribution in [3.8, 4) is 0 Å². The summed E-state index contributed by atoms with van der Waals surface area (Å²) < 4.78 is 0. The van der Waals surface area contributed by atoms with Gasteiger partial charge in [-0.25, -0.2) is 4.79 Å². The molecular formula is C19H26ClN3O3. The summed E-state index contributed by atoms with van der Waals surface area (Å²) in [4.78, 5) is 19.8. The summed E-state index contributed by atoms with van der Waals surface area (Å²) in [6, 6.07) is 6.84. The Morgan fingerprint density at radius 3 is 2.73 bits per heavy atom. The first-order chi connectivity index (χ1) is 12.5. The highest BCUT2D eigenvalue weighted by molar-refractivity contribution is 6.31. The number of fused-ring (bicyclic) bond motifs is 1. The Labute approximate surface area is 159 Å².